The van der Waals surface area contributed by atoms with Crippen molar-refractivity contribution in [3.63, 3.8) is 0 Å². The van der Waals surface area contributed by atoms with Gasteiger partial charge in [-0.2, -0.15) is 5.10 Å². The van der Waals surface area contributed by atoms with Crippen LogP contribution in [0.1, 0.15) is 64.3 Å². The number of hydrogen-bond donors (Lipinski definition) is 1. The van der Waals surface area contributed by atoms with Gasteiger partial charge < -0.3 is 5.32 Å². The van der Waals surface area contributed by atoms with Crippen LogP contribution >= 0.6 is 0 Å². The highest BCUT2D eigenvalue weighted by Gasteiger charge is 2.40. The van der Waals surface area contributed by atoms with Crippen LogP contribution < -0.4 is 5.32 Å². The molecule has 2 heterocycles. The van der Waals surface area contributed by atoms with Gasteiger partial charge in [0.05, 0.1) is 6.20 Å². The van der Waals surface area contributed by atoms with E-state index < -0.39 is 0 Å². The molecule has 1 aromatic heterocycles. The number of nitrogens with one attached hydrogen (secondary N) is 1. The van der Waals surface area contributed by atoms with Crippen molar-refractivity contribution in [3.8, 4) is 0 Å². The molecular formula is C23H35FN4. The van der Waals surface area contributed by atoms with Crippen molar-refractivity contribution in [1.29, 1.82) is 0 Å². The molecule has 0 amide bonds. The number of halogens is 1. The Morgan fingerprint density at radius 3 is 2.29 bits per heavy atom. The molecule has 1 fully saturated rings. The first-order valence-corrected chi connectivity index (χ1v) is 10.4. The van der Waals surface area contributed by atoms with Crippen molar-refractivity contribution in [2.24, 2.45) is 0 Å². The lowest BCUT2D eigenvalue weighted by molar-refractivity contribution is 0.0556. The van der Waals surface area contributed by atoms with Crippen LogP contribution in [0.25, 0.3) is 0 Å². The van der Waals surface area contributed by atoms with Crippen LogP contribution in [-0.4, -0.2) is 31.8 Å². The topological polar surface area (TPSA) is 33.1 Å². The van der Waals surface area contributed by atoms with E-state index >= 15 is 0 Å². The zero-order valence-electron chi connectivity index (χ0n) is 18.2. The summed E-state index contributed by atoms with van der Waals surface area (Å²) in [7, 11) is 0. The summed E-state index contributed by atoms with van der Waals surface area (Å²) in [4.78, 5) is 2.45. The van der Waals surface area contributed by atoms with Gasteiger partial charge >= 0.3 is 0 Å². The summed E-state index contributed by atoms with van der Waals surface area (Å²) in [5.74, 6) is -0.124. The molecule has 1 aliphatic heterocycles. The monoisotopic (exact) mass is 386 g/mol. The van der Waals surface area contributed by atoms with E-state index in [2.05, 4.69) is 56.9 Å². The molecule has 1 N–H and O–H groups in total. The molecule has 4 nitrogen and oxygen atoms in total. The van der Waals surface area contributed by atoms with Gasteiger partial charge in [-0.05, 0) is 60.5 Å². The fourth-order valence-electron chi connectivity index (χ4n) is 4.86. The number of piperidine rings is 1. The van der Waals surface area contributed by atoms with E-state index in [1.807, 2.05) is 23.0 Å². The minimum absolute atomic E-state index is 0.0442. The molecule has 0 bridgehead atoms. The van der Waals surface area contributed by atoms with Gasteiger partial charge in [-0.3, -0.25) is 9.58 Å². The Morgan fingerprint density at radius 1 is 1.11 bits per heavy atom. The van der Waals surface area contributed by atoms with Crippen LogP contribution in [0.3, 0.4) is 0 Å². The third-order valence-electron chi connectivity index (χ3n) is 5.89. The Labute approximate surface area is 169 Å². The van der Waals surface area contributed by atoms with Crippen LogP contribution in [0.5, 0.6) is 0 Å². The van der Waals surface area contributed by atoms with Crippen molar-refractivity contribution < 1.29 is 4.39 Å². The Kier molecular flexibility index (Phi) is 5.97. The Morgan fingerprint density at radius 2 is 1.71 bits per heavy atom. The summed E-state index contributed by atoms with van der Waals surface area (Å²) in [6, 6.07) is 7.52. The van der Waals surface area contributed by atoms with Gasteiger partial charge in [0, 0.05) is 53.6 Å². The first-order valence-electron chi connectivity index (χ1n) is 10.4. The average molecular weight is 387 g/mol. The summed E-state index contributed by atoms with van der Waals surface area (Å²) >= 11 is 0. The molecule has 28 heavy (non-hydrogen) atoms. The van der Waals surface area contributed by atoms with Crippen molar-refractivity contribution in [3.05, 3.63) is 53.1 Å². The molecule has 0 spiro atoms. The summed E-state index contributed by atoms with van der Waals surface area (Å²) in [6.45, 7) is 15.6. The highest BCUT2D eigenvalue weighted by molar-refractivity contribution is 5.20. The molecule has 0 radical (unpaired) electrons. The van der Waals surface area contributed by atoms with Crippen LogP contribution in [0.4, 0.5) is 4.39 Å². The maximum atomic E-state index is 14.4. The summed E-state index contributed by atoms with van der Waals surface area (Å²) in [6.07, 6.45) is 4.04. The minimum Gasteiger partial charge on any atom is -0.307 e. The second-order valence-electron chi connectivity index (χ2n) is 9.52. The fraction of sp³-hybridized carbons (Fsp3) is 0.609. The predicted octanol–water partition coefficient (Wildman–Crippen LogP) is 4.66. The third kappa shape index (κ3) is 4.81. The smallest absolute Gasteiger partial charge is 0.127 e. The van der Waals surface area contributed by atoms with Crippen molar-refractivity contribution >= 4 is 0 Å². The molecule has 0 aliphatic carbocycles. The minimum atomic E-state index is -0.124. The Balaban J connectivity index is 1.91. The average Bonchev–Trinajstić information content (AvgIpc) is 2.93. The van der Waals surface area contributed by atoms with E-state index in [9.17, 15) is 4.39 Å². The van der Waals surface area contributed by atoms with Gasteiger partial charge in [-0.25, -0.2) is 4.39 Å². The number of benzene rings is 1. The van der Waals surface area contributed by atoms with Gasteiger partial charge in [-0.1, -0.05) is 18.2 Å². The second kappa shape index (κ2) is 7.96. The molecular weight excluding hydrogens is 351 g/mol. The number of aryl methyl sites for hydroxylation is 1. The van der Waals surface area contributed by atoms with Crippen LogP contribution in [0.15, 0.2) is 30.5 Å². The molecule has 0 unspecified atom stereocenters. The van der Waals surface area contributed by atoms with Crippen LogP contribution in [0, 0.1) is 12.7 Å². The first kappa shape index (κ1) is 21.0. The molecule has 1 saturated heterocycles. The van der Waals surface area contributed by atoms with Gasteiger partial charge in [0.25, 0.3) is 0 Å². The SMILES string of the molecule is CCn1ncc(CN(Cc2ccccc2F)C2CC(C)(C)NC(C)(C)C2)c1C. The first-order chi connectivity index (χ1) is 13.1. The van der Waals surface area contributed by atoms with Crippen LogP contribution in [-0.2, 0) is 19.6 Å². The quantitative estimate of drug-likeness (QED) is 0.784. The van der Waals surface area contributed by atoms with E-state index in [0.29, 0.717) is 12.6 Å². The molecule has 1 aromatic carbocycles. The maximum absolute atomic E-state index is 14.4. The zero-order valence-corrected chi connectivity index (χ0v) is 18.2. The van der Waals surface area contributed by atoms with Crippen molar-refractivity contribution in [2.45, 2.75) is 91.1 Å². The third-order valence-corrected chi connectivity index (χ3v) is 5.89. The number of nitrogens with zero attached hydrogens (tertiary/aromatic N) is 3. The highest BCUT2D eigenvalue weighted by atomic mass is 19.1. The van der Waals surface area contributed by atoms with E-state index in [-0.39, 0.29) is 16.9 Å². The fourth-order valence-corrected chi connectivity index (χ4v) is 4.86. The lowest BCUT2D eigenvalue weighted by Crippen LogP contribution is -2.62. The van der Waals surface area contributed by atoms with E-state index in [1.54, 1.807) is 12.1 Å². The zero-order chi connectivity index (χ0) is 20.5. The largest absolute Gasteiger partial charge is 0.307 e. The van der Waals surface area contributed by atoms with E-state index in [0.717, 1.165) is 31.5 Å². The number of rotatable bonds is 6. The summed E-state index contributed by atoms with van der Waals surface area (Å²) < 4.78 is 16.5. The van der Waals surface area contributed by atoms with Gasteiger partial charge in [-0.15, -0.1) is 0 Å². The number of hydrogen-bond acceptors (Lipinski definition) is 3. The van der Waals surface area contributed by atoms with Gasteiger partial charge in [0.2, 0.25) is 0 Å². The molecule has 3 rings (SSSR count). The Bertz CT molecular complexity index is 793. The Hall–Kier alpha value is -1.72. The highest BCUT2D eigenvalue weighted by Crippen LogP contribution is 2.33. The van der Waals surface area contributed by atoms with Crippen molar-refractivity contribution in [2.75, 3.05) is 0 Å². The molecule has 1 aliphatic rings. The molecule has 2 aromatic rings. The lowest BCUT2D eigenvalue weighted by atomic mass is 9.78. The molecule has 0 saturated carbocycles. The lowest BCUT2D eigenvalue weighted by Gasteiger charge is -2.49. The predicted molar refractivity (Wildman–Crippen MR) is 113 cm³/mol. The van der Waals surface area contributed by atoms with Gasteiger partial charge in [0.1, 0.15) is 5.82 Å². The van der Waals surface area contributed by atoms with E-state index in [4.69, 9.17) is 0 Å². The standard InChI is InChI=1S/C23H35FN4/c1-7-28-17(2)19(14-25-28)16-27(15-18-10-8-9-11-21(18)24)20-12-22(3,4)26-23(5,6)13-20/h8-11,14,20,26H,7,12-13,15-16H2,1-6H3. The van der Waals surface area contributed by atoms with Gasteiger partial charge in [0.15, 0.2) is 0 Å². The molecule has 5 heteroatoms. The van der Waals surface area contributed by atoms with Crippen molar-refractivity contribution in [1.82, 2.24) is 20.0 Å². The van der Waals surface area contributed by atoms with Crippen LogP contribution in [0.2, 0.25) is 0 Å². The summed E-state index contributed by atoms with van der Waals surface area (Å²) in [5.41, 5.74) is 3.28. The second-order valence-corrected chi connectivity index (χ2v) is 9.52. The normalized spacial score (nSPS) is 19.3. The molecule has 154 valence electrons. The molecule has 0 atom stereocenters. The van der Waals surface area contributed by atoms with E-state index in [1.165, 1.54) is 11.3 Å². The number of aromatic nitrogens is 2. The summed E-state index contributed by atoms with van der Waals surface area (Å²) in [5, 5.41) is 8.28. The maximum Gasteiger partial charge on any atom is 0.127 e.